The van der Waals surface area contributed by atoms with Crippen molar-refractivity contribution in [1.29, 1.82) is 0 Å². The predicted molar refractivity (Wildman–Crippen MR) is 188 cm³/mol. The molecule has 0 saturated heterocycles. The molecule has 10 rings (SSSR count). The molecule has 2 heterocycles. The smallest absolute Gasteiger partial charge is 0.227 e. The Morgan fingerprint density at radius 3 is 1.46 bits per heavy atom. The lowest BCUT2D eigenvalue weighted by Crippen LogP contribution is -1.85. The molecule has 0 aliphatic carbocycles. The van der Waals surface area contributed by atoms with Crippen LogP contribution in [0.2, 0.25) is 0 Å². The van der Waals surface area contributed by atoms with Gasteiger partial charge in [0.05, 0.1) is 0 Å². The lowest BCUT2D eigenvalue weighted by atomic mass is 9.93. The third-order valence-corrected chi connectivity index (χ3v) is 9.10. The van der Waals surface area contributed by atoms with E-state index in [4.69, 9.17) is 18.8 Å². The topological polar surface area (TPSA) is 52.1 Å². The summed E-state index contributed by atoms with van der Waals surface area (Å²) in [4.78, 5) is 9.88. The summed E-state index contributed by atoms with van der Waals surface area (Å²) in [5, 5.41) is 9.60. The minimum Gasteiger partial charge on any atom is -0.436 e. The molecule has 0 aliphatic rings. The summed E-state index contributed by atoms with van der Waals surface area (Å²) in [7, 11) is 0. The van der Waals surface area contributed by atoms with Crippen molar-refractivity contribution in [1.82, 2.24) is 9.97 Å². The van der Waals surface area contributed by atoms with Crippen molar-refractivity contribution in [3.63, 3.8) is 0 Å². The van der Waals surface area contributed by atoms with Crippen LogP contribution in [0.1, 0.15) is 0 Å². The molecular weight excluding hydrogens is 564 g/mol. The van der Waals surface area contributed by atoms with E-state index in [0.717, 1.165) is 49.7 Å². The van der Waals surface area contributed by atoms with Crippen molar-refractivity contribution in [2.24, 2.45) is 0 Å². The van der Waals surface area contributed by atoms with Gasteiger partial charge in [-0.15, -0.1) is 0 Å². The van der Waals surface area contributed by atoms with Crippen LogP contribution in [0.3, 0.4) is 0 Å². The van der Waals surface area contributed by atoms with E-state index in [-0.39, 0.29) is 0 Å². The Morgan fingerprint density at radius 1 is 0.348 bits per heavy atom. The van der Waals surface area contributed by atoms with Crippen LogP contribution in [-0.2, 0) is 0 Å². The zero-order valence-electron chi connectivity index (χ0n) is 24.6. The van der Waals surface area contributed by atoms with Crippen LogP contribution in [0.25, 0.3) is 99.3 Å². The summed E-state index contributed by atoms with van der Waals surface area (Å²) in [6, 6.07) is 50.6. The summed E-state index contributed by atoms with van der Waals surface area (Å²) in [5.41, 5.74) is 7.15. The first-order valence-corrected chi connectivity index (χ1v) is 15.4. The molecule has 4 nitrogen and oxygen atoms in total. The van der Waals surface area contributed by atoms with Gasteiger partial charge in [0.2, 0.25) is 11.8 Å². The van der Waals surface area contributed by atoms with Crippen LogP contribution < -0.4 is 0 Å². The highest BCUT2D eigenvalue weighted by Crippen LogP contribution is 2.38. The van der Waals surface area contributed by atoms with E-state index in [9.17, 15) is 0 Å². The average molecular weight is 589 g/mol. The Morgan fingerprint density at radius 2 is 0.804 bits per heavy atom. The largest absolute Gasteiger partial charge is 0.436 e. The van der Waals surface area contributed by atoms with Crippen molar-refractivity contribution in [2.75, 3.05) is 0 Å². The highest BCUT2D eigenvalue weighted by Gasteiger charge is 2.17. The van der Waals surface area contributed by atoms with Gasteiger partial charge >= 0.3 is 0 Å². The molecule has 0 radical (unpaired) electrons. The Kier molecular flexibility index (Phi) is 5.25. The van der Waals surface area contributed by atoms with Crippen molar-refractivity contribution in [3.05, 3.63) is 146 Å². The van der Waals surface area contributed by atoms with E-state index in [2.05, 4.69) is 121 Å². The zero-order valence-corrected chi connectivity index (χ0v) is 24.6. The van der Waals surface area contributed by atoms with E-state index in [1.54, 1.807) is 0 Å². The van der Waals surface area contributed by atoms with E-state index in [1.165, 1.54) is 37.9 Å². The van der Waals surface area contributed by atoms with Crippen molar-refractivity contribution in [3.8, 4) is 34.0 Å². The van der Waals surface area contributed by atoms with E-state index < -0.39 is 0 Å². The molecule has 0 aliphatic heterocycles. The van der Waals surface area contributed by atoms with E-state index in [0.29, 0.717) is 11.8 Å². The summed E-state index contributed by atoms with van der Waals surface area (Å²) in [6.07, 6.45) is 0. The van der Waals surface area contributed by atoms with Gasteiger partial charge in [-0.25, -0.2) is 9.97 Å². The van der Waals surface area contributed by atoms with Gasteiger partial charge in [-0.3, -0.25) is 0 Å². The normalized spacial score (nSPS) is 11.9. The first-order valence-electron chi connectivity index (χ1n) is 15.4. The third-order valence-electron chi connectivity index (χ3n) is 9.10. The molecule has 10 aromatic rings. The van der Waals surface area contributed by atoms with Gasteiger partial charge < -0.3 is 8.83 Å². The fraction of sp³-hybridized carbons (Fsp3) is 0. The Balaban J connectivity index is 1.07. The molecule has 0 N–H and O–H groups in total. The second-order valence-electron chi connectivity index (χ2n) is 11.8. The molecule has 0 atom stereocenters. The predicted octanol–water partition coefficient (Wildman–Crippen LogP) is 11.6. The van der Waals surface area contributed by atoms with Crippen LogP contribution in [0, 0.1) is 0 Å². The molecule has 0 saturated carbocycles. The number of fused-ring (bicyclic) bond motifs is 8. The Bertz CT molecular complexity index is 2710. The Hall–Kier alpha value is -6.26. The highest BCUT2D eigenvalue weighted by atomic mass is 16.4. The van der Waals surface area contributed by atoms with Crippen molar-refractivity contribution < 1.29 is 8.83 Å². The molecule has 0 bridgehead atoms. The summed E-state index contributed by atoms with van der Waals surface area (Å²) < 4.78 is 12.6. The third kappa shape index (κ3) is 3.80. The molecule has 46 heavy (non-hydrogen) atoms. The van der Waals surface area contributed by atoms with Gasteiger partial charge in [-0.1, -0.05) is 103 Å². The van der Waals surface area contributed by atoms with Crippen LogP contribution in [0.15, 0.2) is 154 Å². The number of nitrogens with zero attached hydrogens (tertiary/aromatic N) is 2. The number of benzene rings is 8. The second kappa shape index (κ2) is 9.62. The quantitative estimate of drug-likeness (QED) is 0.193. The fourth-order valence-electron chi connectivity index (χ4n) is 6.92. The highest BCUT2D eigenvalue weighted by molar-refractivity contribution is 6.15. The number of hydrogen-bond acceptors (Lipinski definition) is 4. The lowest BCUT2D eigenvalue weighted by Gasteiger charge is -2.11. The van der Waals surface area contributed by atoms with E-state index in [1.807, 2.05) is 24.3 Å². The molecule has 0 amide bonds. The molecule has 8 aromatic carbocycles. The van der Waals surface area contributed by atoms with Crippen molar-refractivity contribution in [2.45, 2.75) is 0 Å². The van der Waals surface area contributed by atoms with Crippen molar-refractivity contribution >= 4 is 65.3 Å². The molecule has 2 aromatic heterocycles. The van der Waals surface area contributed by atoms with Crippen LogP contribution in [-0.4, -0.2) is 9.97 Å². The number of hydrogen-bond donors (Lipinski definition) is 0. The fourth-order valence-corrected chi connectivity index (χ4v) is 6.92. The lowest BCUT2D eigenvalue weighted by molar-refractivity contribution is 0.618. The first-order chi connectivity index (χ1) is 22.8. The maximum absolute atomic E-state index is 6.33. The van der Waals surface area contributed by atoms with Gasteiger partial charge in [-0.05, 0) is 96.7 Å². The monoisotopic (exact) mass is 588 g/mol. The molecule has 0 fully saturated rings. The maximum Gasteiger partial charge on any atom is 0.227 e. The minimum absolute atomic E-state index is 0.554. The first kappa shape index (κ1) is 25.1. The zero-order chi connectivity index (χ0) is 30.2. The van der Waals surface area contributed by atoms with E-state index >= 15 is 0 Å². The van der Waals surface area contributed by atoms with Gasteiger partial charge in [-0.2, -0.15) is 0 Å². The summed E-state index contributed by atoms with van der Waals surface area (Å²) >= 11 is 0. The number of oxazole rings is 2. The molecule has 0 spiro atoms. The van der Waals surface area contributed by atoms with Crippen LogP contribution >= 0.6 is 0 Å². The molecule has 0 unspecified atom stereocenters. The average Bonchev–Trinajstić information content (AvgIpc) is 3.75. The molecule has 4 heteroatoms. The van der Waals surface area contributed by atoms with Gasteiger partial charge in [0.25, 0.3) is 0 Å². The van der Waals surface area contributed by atoms with Gasteiger partial charge in [0, 0.05) is 11.1 Å². The van der Waals surface area contributed by atoms with Gasteiger partial charge in [0.15, 0.2) is 11.2 Å². The SMILES string of the molecule is c1ccc2c(c1)cc(-c1ccc3oc(-c4ccc5oc(-c6cc7ccccc7c7ccccc67)nc5c4)nc3c1)c1ccccc12. The summed E-state index contributed by atoms with van der Waals surface area (Å²) in [6.45, 7) is 0. The summed E-state index contributed by atoms with van der Waals surface area (Å²) in [5.74, 6) is 1.15. The van der Waals surface area contributed by atoms with Crippen LogP contribution in [0.4, 0.5) is 0 Å². The second-order valence-corrected chi connectivity index (χ2v) is 11.8. The van der Waals surface area contributed by atoms with Gasteiger partial charge in [0.1, 0.15) is 11.0 Å². The molecular formula is C42H24N2O2. The maximum atomic E-state index is 6.33. The Labute approximate surface area is 263 Å². The number of rotatable bonds is 3. The minimum atomic E-state index is 0.554. The molecule has 214 valence electrons. The number of aromatic nitrogens is 2. The van der Waals surface area contributed by atoms with Crippen LogP contribution in [0.5, 0.6) is 0 Å². The standard InChI is InChI=1S/C42H24N2O2/c1-3-11-29-25(9-1)21-35(33-15-7-5-13-31(29)33)27-17-19-39-37(23-27)43-41(45-39)28-18-20-40-38(24-28)44-42(46-40)36-22-26-10-2-4-12-30(26)32-14-6-8-16-34(32)36/h1-24H.